The van der Waals surface area contributed by atoms with Crippen LogP contribution in [0.25, 0.3) is 0 Å². The predicted octanol–water partition coefficient (Wildman–Crippen LogP) is 2.05. The molecule has 25 heavy (non-hydrogen) atoms. The molecule has 1 saturated heterocycles. The maximum absolute atomic E-state index is 12.5. The van der Waals surface area contributed by atoms with E-state index < -0.39 is 23.7 Å². The van der Waals surface area contributed by atoms with Crippen molar-refractivity contribution in [3.05, 3.63) is 41.9 Å². The van der Waals surface area contributed by atoms with E-state index in [0.717, 1.165) is 0 Å². The molecular weight excluding hydrogens is 366 g/mol. The van der Waals surface area contributed by atoms with Crippen LogP contribution in [0.4, 0.5) is 5.69 Å². The second kappa shape index (κ2) is 8.68. The quantitative estimate of drug-likeness (QED) is 0.704. The molecule has 1 atom stereocenters. The number of thioether (sulfide) groups is 1. The van der Waals surface area contributed by atoms with Gasteiger partial charge in [0, 0.05) is 18.0 Å². The lowest BCUT2D eigenvalue weighted by Gasteiger charge is -2.13. The summed E-state index contributed by atoms with van der Waals surface area (Å²) in [4.78, 5) is 40.6. The number of carbonyl (C=O) groups excluding carboxylic acids is 2. The van der Waals surface area contributed by atoms with Crippen molar-refractivity contribution in [1.82, 2.24) is 10.2 Å². The molecule has 0 spiro atoms. The van der Waals surface area contributed by atoms with Gasteiger partial charge in [0.2, 0.25) is 11.8 Å². The zero-order valence-corrected chi connectivity index (χ0v) is 14.7. The van der Waals surface area contributed by atoms with E-state index in [0.29, 0.717) is 15.9 Å². The van der Waals surface area contributed by atoms with Gasteiger partial charge in [-0.1, -0.05) is 29.4 Å². The first-order valence-corrected chi connectivity index (χ1v) is 8.58. The fourth-order valence-electron chi connectivity index (χ4n) is 2.06. The average Bonchev–Trinajstić information content (AvgIpc) is 2.84. The highest BCUT2D eigenvalue weighted by molar-refractivity contribution is 8.15. The minimum Gasteiger partial charge on any atom is -0.480 e. The fourth-order valence-corrected chi connectivity index (χ4v) is 3.36. The Balaban J connectivity index is 2.13. The number of hydrogen-bond donors (Lipinski definition) is 2. The van der Waals surface area contributed by atoms with Crippen LogP contribution in [0.5, 0.6) is 0 Å². The minimum atomic E-state index is -1.14. The van der Waals surface area contributed by atoms with Gasteiger partial charge in [-0.25, -0.2) is 4.99 Å². The van der Waals surface area contributed by atoms with Crippen LogP contribution in [0.15, 0.2) is 41.9 Å². The van der Waals surface area contributed by atoms with Crippen LogP contribution in [-0.4, -0.2) is 51.3 Å². The molecule has 0 aromatic heterocycles. The Bertz CT molecular complexity index is 721. The molecule has 0 bridgehead atoms. The van der Waals surface area contributed by atoms with Crippen molar-refractivity contribution >= 4 is 52.0 Å². The first kappa shape index (κ1) is 19.0. The summed E-state index contributed by atoms with van der Waals surface area (Å²) in [5.41, 5.74) is 0.629. The molecular formula is C16H16ClN3O4S. The van der Waals surface area contributed by atoms with Gasteiger partial charge in [-0.15, -0.1) is 6.58 Å². The maximum atomic E-state index is 12.5. The number of aliphatic carboxylic acids is 1. The van der Waals surface area contributed by atoms with Crippen molar-refractivity contribution in [3.63, 3.8) is 0 Å². The molecule has 2 amide bonds. The van der Waals surface area contributed by atoms with Gasteiger partial charge in [0.25, 0.3) is 0 Å². The molecule has 7 nitrogen and oxygen atoms in total. The van der Waals surface area contributed by atoms with Crippen molar-refractivity contribution in [2.75, 3.05) is 13.1 Å². The highest BCUT2D eigenvalue weighted by Gasteiger charge is 2.38. The second-order valence-electron chi connectivity index (χ2n) is 5.09. The summed E-state index contributed by atoms with van der Waals surface area (Å²) in [5.74, 6) is -1.90. The van der Waals surface area contributed by atoms with E-state index in [1.165, 1.54) is 16.7 Å². The number of benzene rings is 1. The third-order valence-electron chi connectivity index (χ3n) is 3.19. The van der Waals surface area contributed by atoms with E-state index in [9.17, 15) is 14.4 Å². The van der Waals surface area contributed by atoms with E-state index in [4.69, 9.17) is 16.7 Å². The molecule has 1 aromatic rings. The summed E-state index contributed by atoms with van der Waals surface area (Å²) in [7, 11) is 0. The van der Waals surface area contributed by atoms with Crippen LogP contribution in [-0.2, 0) is 14.4 Å². The minimum absolute atomic E-state index is 0.121. The average molecular weight is 382 g/mol. The SMILES string of the molecule is C=CCN1C(=O)[C@H](CC(=O)NCC(=O)O)SC1=Nc1ccc(Cl)cc1. The largest absolute Gasteiger partial charge is 0.480 e. The van der Waals surface area contributed by atoms with Crippen LogP contribution in [0.1, 0.15) is 6.42 Å². The number of carboxylic acid groups (broad SMARTS) is 1. The van der Waals surface area contributed by atoms with Crippen molar-refractivity contribution in [2.24, 2.45) is 4.99 Å². The van der Waals surface area contributed by atoms with Gasteiger partial charge in [0.1, 0.15) is 11.8 Å². The molecule has 1 aromatic carbocycles. The Kier molecular flexibility index (Phi) is 6.60. The summed E-state index contributed by atoms with van der Waals surface area (Å²) in [6, 6.07) is 6.83. The van der Waals surface area contributed by atoms with Crippen LogP contribution in [0, 0.1) is 0 Å². The van der Waals surface area contributed by atoms with Crippen LogP contribution in [0.2, 0.25) is 5.02 Å². The summed E-state index contributed by atoms with van der Waals surface area (Å²) in [6.07, 6.45) is 1.45. The zero-order valence-electron chi connectivity index (χ0n) is 13.1. The number of nitrogens with zero attached hydrogens (tertiary/aromatic N) is 2. The molecule has 2 rings (SSSR count). The maximum Gasteiger partial charge on any atom is 0.322 e. The van der Waals surface area contributed by atoms with E-state index in [2.05, 4.69) is 16.9 Å². The number of hydrogen-bond acceptors (Lipinski definition) is 5. The van der Waals surface area contributed by atoms with Crippen LogP contribution in [0.3, 0.4) is 0 Å². The first-order valence-electron chi connectivity index (χ1n) is 7.32. The summed E-state index contributed by atoms with van der Waals surface area (Å²) >= 11 is 7.01. The number of nitrogens with one attached hydrogen (secondary N) is 1. The van der Waals surface area contributed by atoms with E-state index >= 15 is 0 Å². The van der Waals surface area contributed by atoms with Gasteiger partial charge >= 0.3 is 5.97 Å². The number of amides is 2. The Hall–Kier alpha value is -2.32. The molecule has 0 aliphatic carbocycles. The third kappa shape index (κ3) is 5.33. The predicted molar refractivity (Wildman–Crippen MR) is 97.1 cm³/mol. The van der Waals surface area contributed by atoms with Gasteiger partial charge in [0.05, 0.1) is 5.69 Å². The van der Waals surface area contributed by atoms with Crippen LogP contribution < -0.4 is 5.32 Å². The van der Waals surface area contributed by atoms with E-state index in [1.54, 1.807) is 30.3 Å². The van der Waals surface area contributed by atoms with Crippen molar-refractivity contribution in [3.8, 4) is 0 Å². The molecule has 1 aliphatic rings. The Labute approximate surface area is 153 Å². The lowest BCUT2D eigenvalue weighted by atomic mass is 10.2. The molecule has 0 saturated carbocycles. The van der Waals surface area contributed by atoms with E-state index in [1.807, 2.05) is 0 Å². The highest BCUT2D eigenvalue weighted by atomic mass is 35.5. The summed E-state index contributed by atoms with van der Waals surface area (Å²) in [6.45, 7) is 3.42. The second-order valence-corrected chi connectivity index (χ2v) is 6.70. The normalized spacial score (nSPS) is 18.4. The number of carboxylic acids is 1. The van der Waals surface area contributed by atoms with Gasteiger partial charge in [-0.3, -0.25) is 19.3 Å². The van der Waals surface area contributed by atoms with Gasteiger partial charge in [0.15, 0.2) is 5.17 Å². The monoisotopic (exact) mass is 381 g/mol. The van der Waals surface area contributed by atoms with Gasteiger partial charge < -0.3 is 10.4 Å². The molecule has 1 aliphatic heterocycles. The van der Waals surface area contributed by atoms with Gasteiger partial charge in [-0.05, 0) is 24.3 Å². The van der Waals surface area contributed by atoms with Crippen LogP contribution >= 0.6 is 23.4 Å². The van der Waals surface area contributed by atoms with Crippen molar-refractivity contribution in [2.45, 2.75) is 11.7 Å². The van der Waals surface area contributed by atoms with Crippen molar-refractivity contribution in [1.29, 1.82) is 0 Å². The molecule has 0 unspecified atom stereocenters. The standard InChI is InChI=1S/C16H16ClN3O4S/c1-2-7-20-15(24)12(8-13(21)18-9-14(22)23)25-16(20)19-11-5-3-10(17)4-6-11/h2-6,12H,1,7-9H2,(H,18,21)(H,22,23)/t12-/m0/s1. The zero-order chi connectivity index (χ0) is 18.4. The molecule has 1 heterocycles. The molecule has 132 valence electrons. The number of carbonyl (C=O) groups is 3. The number of rotatable bonds is 7. The number of aliphatic imine (C=N–C) groups is 1. The Morgan fingerprint density at radius 2 is 2.08 bits per heavy atom. The van der Waals surface area contributed by atoms with Crippen molar-refractivity contribution < 1.29 is 19.5 Å². The molecule has 0 radical (unpaired) electrons. The number of halogens is 1. The summed E-state index contributed by atoms with van der Waals surface area (Å²) in [5, 5.41) is 11.2. The smallest absolute Gasteiger partial charge is 0.322 e. The molecule has 1 fully saturated rings. The lowest BCUT2D eigenvalue weighted by Crippen LogP contribution is -2.36. The third-order valence-corrected chi connectivity index (χ3v) is 4.62. The summed E-state index contributed by atoms with van der Waals surface area (Å²) < 4.78 is 0. The molecule has 9 heteroatoms. The lowest BCUT2D eigenvalue weighted by molar-refractivity contribution is -0.138. The first-order chi connectivity index (χ1) is 11.9. The fraction of sp³-hybridized carbons (Fsp3) is 0.250. The van der Waals surface area contributed by atoms with E-state index in [-0.39, 0.29) is 18.9 Å². The number of amidine groups is 1. The Morgan fingerprint density at radius 3 is 2.68 bits per heavy atom. The molecule has 2 N–H and O–H groups in total. The highest BCUT2D eigenvalue weighted by Crippen LogP contribution is 2.31. The Morgan fingerprint density at radius 1 is 1.40 bits per heavy atom. The topological polar surface area (TPSA) is 99.1 Å². The van der Waals surface area contributed by atoms with Gasteiger partial charge in [-0.2, -0.15) is 0 Å².